The number of likely N-dealkylation sites (tertiary alicyclic amines) is 1. The number of aliphatic hydroxyl groups excluding tert-OH is 1. The summed E-state index contributed by atoms with van der Waals surface area (Å²) in [6.07, 6.45) is 2.79. The van der Waals surface area contributed by atoms with Crippen LogP contribution < -0.4 is 0 Å². The van der Waals surface area contributed by atoms with E-state index in [1.807, 2.05) is 11.3 Å². The summed E-state index contributed by atoms with van der Waals surface area (Å²) in [5.74, 6) is 0. The van der Waals surface area contributed by atoms with Crippen LogP contribution in [0.25, 0.3) is 0 Å². The molecule has 1 aliphatic carbocycles. The molecule has 1 aromatic carbocycles. The van der Waals surface area contributed by atoms with Crippen molar-refractivity contribution in [1.29, 1.82) is 0 Å². The molecule has 1 spiro atoms. The van der Waals surface area contributed by atoms with E-state index >= 15 is 0 Å². The van der Waals surface area contributed by atoms with E-state index < -0.39 is 0 Å². The fourth-order valence-electron chi connectivity index (χ4n) is 4.27. The summed E-state index contributed by atoms with van der Waals surface area (Å²) < 4.78 is 0. The van der Waals surface area contributed by atoms with Crippen LogP contribution >= 0.6 is 11.3 Å². The van der Waals surface area contributed by atoms with E-state index in [0.717, 1.165) is 38.9 Å². The number of nitrogens with zero attached hydrogens (tertiary/aromatic N) is 1. The third-order valence-electron chi connectivity index (χ3n) is 5.53. The van der Waals surface area contributed by atoms with Crippen molar-refractivity contribution in [2.75, 3.05) is 13.1 Å². The van der Waals surface area contributed by atoms with Crippen molar-refractivity contribution < 1.29 is 5.11 Å². The normalized spacial score (nSPS) is 23.8. The number of aliphatic hydroxyl groups is 1. The van der Waals surface area contributed by atoms with E-state index in [1.165, 1.54) is 20.9 Å². The second-order valence-electron chi connectivity index (χ2n) is 6.82. The molecule has 1 aliphatic heterocycles. The van der Waals surface area contributed by atoms with Gasteiger partial charge in [-0.25, -0.2) is 0 Å². The Kier molecular flexibility index (Phi) is 3.60. The van der Waals surface area contributed by atoms with Crippen LogP contribution in [0.2, 0.25) is 0 Å². The molecular formula is C19H23NOS. The minimum absolute atomic E-state index is 0.0124. The Morgan fingerprint density at radius 1 is 1.18 bits per heavy atom. The molecular weight excluding hydrogens is 290 g/mol. The molecule has 2 aromatic rings. The quantitative estimate of drug-likeness (QED) is 0.917. The van der Waals surface area contributed by atoms with E-state index in [2.05, 4.69) is 48.2 Å². The van der Waals surface area contributed by atoms with E-state index in [-0.39, 0.29) is 11.5 Å². The van der Waals surface area contributed by atoms with Crippen LogP contribution in [0.5, 0.6) is 0 Å². The number of rotatable bonds is 2. The van der Waals surface area contributed by atoms with Gasteiger partial charge in [-0.15, -0.1) is 11.3 Å². The minimum atomic E-state index is -0.198. The third-order valence-corrected chi connectivity index (χ3v) is 6.51. The summed E-state index contributed by atoms with van der Waals surface area (Å²) in [7, 11) is 0. The number of benzene rings is 1. The molecule has 3 heteroatoms. The van der Waals surface area contributed by atoms with Crippen molar-refractivity contribution in [1.82, 2.24) is 4.90 Å². The number of thiophene rings is 1. The minimum Gasteiger partial charge on any atom is -0.392 e. The van der Waals surface area contributed by atoms with E-state index in [4.69, 9.17) is 0 Å². The highest BCUT2D eigenvalue weighted by molar-refractivity contribution is 7.11. The lowest BCUT2D eigenvalue weighted by Crippen LogP contribution is -2.46. The van der Waals surface area contributed by atoms with Gasteiger partial charge < -0.3 is 5.11 Å². The molecule has 116 valence electrons. The number of aryl methyl sites for hydroxylation is 1. The van der Waals surface area contributed by atoms with Gasteiger partial charge >= 0.3 is 0 Å². The molecule has 22 heavy (non-hydrogen) atoms. The van der Waals surface area contributed by atoms with E-state index in [9.17, 15) is 5.11 Å². The zero-order chi connectivity index (χ0) is 15.2. The van der Waals surface area contributed by atoms with Crippen molar-refractivity contribution in [2.24, 2.45) is 0 Å². The van der Waals surface area contributed by atoms with Crippen LogP contribution in [0.1, 0.15) is 33.7 Å². The summed E-state index contributed by atoms with van der Waals surface area (Å²) >= 11 is 1.90. The summed E-state index contributed by atoms with van der Waals surface area (Å²) in [6.45, 7) is 5.40. The van der Waals surface area contributed by atoms with Crippen LogP contribution in [0.3, 0.4) is 0 Å². The smallest absolute Gasteiger partial charge is 0.0678 e. The predicted octanol–water partition coefficient (Wildman–Crippen LogP) is 3.51. The molecule has 0 amide bonds. The molecule has 4 rings (SSSR count). The maximum atomic E-state index is 10.7. The molecule has 1 saturated heterocycles. The van der Waals surface area contributed by atoms with Crippen LogP contribution in [0.15, 0.2) is 36.4 Å². The second kappa shape index (κ2) is 5.48. The second-order valence-corrected chi connectivity index (χ2v) is 8.19. The highest BCUT2D eigenvalue weighted by atomic mass is 32.1. The average molecular weight is 313 g/mol. The largest absolute Gasteiger partial charge is 0.392 e. The van der Waals surface area contributed by atoms with Crippen molar-refractivity contribution >= 4 is 11.3 Å². The van der Waals surface area contributed by atoms with Gasteiger partial charge in [0, 0.05) is 21.7 Å². The lowest BCUT2D eigenvalue weighted by molar-refractivity contribution is 0.0416. The number of piperidine rings is 1. The average Bonchev–Trinajstić information content (AvgIpc) is 3.04. The van der Waals surface area contributed by atoms with Gasteiger partial charge in [0.05, 0.1) is 6.10 Å². The summed E-state index contributed by atoms with van der Waals surface area (Å²) in [6, 6.07) is 13.1. The standard InChI is InChI=1S/C19H23NOS/c1-14-6-7-16(22-14)13-20-10-8-19(9-11-20)17-5-3-2-4-15(17)12-18(19)21/h2-7,18,21H,8-13H2,1H3. The van der Waals surface area contributed by atoms with Crippen LogP contribution in [-0.4, -0.2) is 29.2 Å². The molecule has 2 nitrogen and oxygen atoms in total. The van der Waals surface area contributed by atoms with Crippen LogP contribution in [-0.2, 0) is 18.4 Å². The highest BCUT2D eigenvalue weighted by Crippen LogP contribution is 2.46. The molecule has 0 saturated carbocycles. The molecule has 0 bridgehead atoms. The maximum Gasteiger partial charge on any atom is 0.0678 e. The van der Waals surface area contributed by atoms with Gasteiger partial charge in [0.1, 0.15) is 0 Å². The lowest BCUT2D eigenvalue weighted by Gasteiger charge is -2.42. The Bertz CT molecular complexity index is 670. The first-order chi connectivity index (χ1) is 10.7. The molecule has 1 unspecified atom stereocenters. The third kappa shape index (κ3) is 2.32. The zero-order valence-electron chi connectivity index (χ0n) is 13.1. The lowest BCUT2D eigenvalue weighted by atomic mass is 9.72. The SMILES string of the molecule is Cc1ccc(CN2CCC3(CC2)c2ccccc2CC3O)s1. The highest BCUT2D eigenvalue weighted by Gasteiger charge is 2.47. The first-order valence-corrected chi connectivity index (χ1v) is 9.03. The summed E-state index contributed by atoms with van der Waals surface area (Å²) in [5.41, 5.74) is 2.78. The van der Waals surface area contributed by atoms with Gasteiger partial charge in [-0.2, -0.15) is 0 Å². The van der Waals surface area contributed by atoms with Gasteiger partial charge in [-0.3, -0.25) is 4.90 Å². The Balaban J connectivity index is 1.49. The monoisotopic (exact) mass is 313 g/mol. The van der Waals surface area contributed by atoms with Gasteiger partial charge in [-0.1, -0.05) is 24.3 Å². The van der Waals surface area contributed by atoms with Crippen molar-refractivity contribution in [3.05, 3.63) is 57.3 Å². The predicted molar refractivity (Wildman–Crippen MR) is 91.4 cm³/mol. The topological polar surface area (TPSA) is 23.5 Å². The number of hydrogen-bond acceptors (Lipinski definition) is 3. The summed E-state index contributed by atoms with van der Waals surface area (Å²) in [5, 5.41) is 10.7. The Morgan fingerprint density at radius 2 is 1.95 bits per heavy atom. The van der Waals surface area contributed by atoms with Crippen molar-refractivity contribution in [3.8, 4) is 0 Å². The fraction of sp³-hybridized carbons (Fsp3) is 0.474. The van der Waals surface area contributed by atoms with Gasteiger partial charge in [0.25, 0.3) is 0 Å². The molecule has 1 N–H and O–H groups in total. The van der Waals surface area contributed by atoms with Crippen LogP contribution in [0, 0.1) is 6.92 Å². The van der Waals surface area contributed by atoms with E-state index in [0.29, 0.717) is 0 Å². The first-order valence-electron chi connectivity index (χ1n) is 8.21. The first kappa shape index (κ1) is 14.4. The number of hydrogen-bond donors (Lipinski definition) is 1. The van der Waals surface area contributed by atoms with Gasteiger partial charge in [-0.05, 0) is 62.5 Å². The molecule has 0 radical (unpaired) electrons. The van der Waals surface area contributed by atoms with Gasteiger partial charge in [0.2, 0.25) is 0 Å². The number of fused-ring (bicyclic) bond motifs is 2. The zero-order valence-corrected chi connectivity index (χ0v) is 13.9. The van der Waals surface area contributed by atoms with Crippen molar-refractivity contribution in [2.45, 2.75) is 44.2 Å². The molecule has 1 atom stereocenters. The molecule has 2 heterocycles. The molecule has 2 aliphatic rings. The summed E-state index contributed by atoms with van der Waals surface area (Å²) in [4.78, 5) is 5.40. The maximum absolute atomic E-state index is 10.7. The van der Waals surface area contributed by atoms with Crippen molar-refractivity contribution in [3.63, 3.8) is 0 Å². The van der Waals surface area contributed by atoms with E-state index in [1.54, 1.807) is 0 Å². The Morgan fingerprint density at radius 3 is 2.68 bits per heavy atom. The fourth-order valence-corrected chi connectivity index (χ4v) is 5.20. The Labute approximate surface area is 136 Å². The van der Waals surface area contributed by atoms with Gasteiger partial charge in [0.15, 0.2) is 0 Å². The molecule has 1 fully saturated rings. The molecule has 1 aromatic heterocycles. The van der Waals surface area contributed by atoms with Crippen LogP contribution in [0.4, 0.5) is 0 Å². The Hall–Kier alpha value is -1.16.